The van der Waals surface area contributed by atoms with Gasteiger partial charge in [0.2, 0.25) is 5.91 Å². The Balaban J connectivity index is 1.82. The number of hydrogen-bond donors (Lipinski definition) is 1. The second kappa shape index (κ2) is 8.19. The normalized spacial score (nSPS) is 12.5. The zero-order valence-corrected chi connectivity index (χ0v) is 16.8. The van der Waals surface area contributed by atoms with Crippen molar-refractivity contribution in [3.05, 3.63) is 57.7 Å². The minimum Gasteiger partial charge on any atom is -0.467 e. The van der Waals surface area contributed by atoms with Gasteiger partial charge in [0.05, 0.1) is 29.0 Å². The maximum Gasteiger partial charge on any atom is 0.262 e. The quantitative estimate of drug-likeness (QED) is 0.491. The molecule has 0 aliphatic heterocycles. The molecule has 6 nitrogen and oxygen atoms in total. The highest BCUT2D eigenvalue weighted by Gasteiger charge is 2.17. The van der Waals surface area contributed by atoms with E-state index in [9.17, 15) is 9.59 Å². The number of nitrogens with one attached hydrogen (secondary N) is 1. The largest absolute Gasteiger partial charge is 0.467 e. The number of amides is 1. The lowest BCUT2D eigenvalue weighted by Crippen LogP contribution is -2.29. The molecule has 2 aromatic heterocycles. The fourth-order valence-corrected chi connectivity index (χ4v) is 3.84. The van der Waals surface area contributed by atoms with Crippen molar-refractivity contribution in [1.82, 2.24) is 14.9 Å². The highest BCUT2D eigenvalue weighted by Crippen LogP contribution is 2.23. The van der Waals surface area contributed by atoms with E-state index in [4.69, 9.17) is 16.0 Å². The lowest BCUT2D eigenvalue weighted by Gasteiger charge is -2.16. The van der Waals surface area contributed by atoms with Crippen LogP contribution in [0.15, 0.2) is 51.0 Å². The van der Waals surface area contributed by atoms with E-state index in [1.165, 1.54) is 11.8 Å². The summed E-state index contributed by atoms with van der Waals surface area (Å²) < 4.78 is 6.89. The molecular formula is C19H20ClN3O3S. The lowest BCUT2D eigenvalue weighted by molar-refractivity contribution is -0.119. The van der Waals surface area contributed by atoms with Crippen LogP contribution in [0.5, 0.6) is 0 Å². The summed E-state index contributed by atoms with van der Waals surface area (Å²) in [6.45, 7) is 5.67. The first-order valence-electron chi connectivity index (χ1n) is 8.54. The summed E-state index contributed by atoms with van der Waals surface area (Å²) in [5.74, 6) is 0.654. The number of halogens is 1. The number of benzene rings is 1. The molecule has 3 aromatic rings. The fourth-order valence-electron chi connectivity index (χ4n) is 2.73. The molecule has 1 amide bonds. The molecule has 0 aliphatic rings. The van der Waals surface area contributed by atoms with Crippen molar-refractivity contribution >= 4 is 40.2 Å². The van der Waals surface area contributed by atoms with Gasteiger partial charge in [-0.05, 0) is 51.1 Å². The van der Waals surface area contributed by atoms with Crippen molar-refractivity contribution in [3.63, 3.8) is 0 Å². The molecule has 0 aliphatic carbocycles. The van der Waals surface area contributed by atoms with Crippen molar-refractivity contribution in [2.24, 2.45) is 0 Å². The Morgan fingerprint density at radius 1 is 1.33 bits per heavy atom. The van der Waals surface area contributed by atoms with Gasteiger partial charge in [0.15, 0.2) is 5.16 Å². The maximum atomic E-state index is 12.8. The molecule has 2 heterocycles. The number of furan rings is 1. The van der Waals surface area contributed by atoms with E-state index in [0.717, 1.165) is 0 Å². The van der Waals surface area contributed by atoms with Gasteiger partial charge < -0.3 is 9.73 Å². The van der Waals surface area contributed by atoms with Crippen LogP contribution in [0.25, 0.3) is 10.9 Å². The monoisotopic (exact) mass is 405 g/mol. The first-order valence-corrected chi connectivity index (χ1v) is 9.90. The second-order valence-corrected chi connectivity index (χ2v) is 7.80. The molecule has 0 saturated carbocycles. The van der Waals surface area contributed by atoms with E-state index in [2.05, 4.69) is 10.3 Å². The van der Waals surface area contributed by atoms with Crippen LogP contribution in [0.4, 0.5) is 0 Å². The zero-order chi connectivity index (χ0) is 19.6. The van der Waals surface area contributed by atoms with Crippen LogP contribution in [0.1, 0.15) is 38.6 Å². The van der Waals surface area contributed by atoms with Crippen molar-refractivity contribution in [2.75, 3.05) is 5.75 Å². The third-order valence-electron chi connectivity index (χ3n) is 4.03. The number of carbonyl (C=O) groups excluding carboxylic acids is 1. The lowest BCUT2D eigenvalue weighted by atomic mass is 10.2. The van der Waals surface area contributed by atoms with Crippen LogP contribution in [-0.2, 0) is 4.79 Å². The van der Waals surface area contributed by atoms with Gasteiger partial charge in [0, 0.05) is 11.1 Å². The van der Waals surface area contributed by atoms with Crippen molar-refractivity contribution in [3.8, 4) is 0 Å². The zero-order valence-electron chi connectivity index (χ0n) is 15.2. The Labute approximate surface area is 165 Å². The molecule has 3 rings (SSSR count). The highest BCUT2D eigenvalue weighted by molar-refractivity contribution is 7.99. The summed E-state index contributed by atoms with van der Waals surface area (Å²) >= 11 is 7.25. The van der Waals surface area contributed by atoms with Gasteiger partial charge in [0.1, 0.15) is 5.76 Å². The van der Waals surface area contributed by atoms with E-state index in [1.54, 1.807) is 35.1 Å². The summed E-state index contributed by atoms with van der Waals surface area (Å²) in [5, 5.41) is 4.38. The van der Waals surface area contributed by atoms with E-state index < -0.39 is 0 Å². The summed E-state index contributed by atoms with van der Waals surface area (Å²) in [6, 6.07) is 8.28. The van der Waals surface area contributed by atoms with Crippen LogP contribution >= 0.6 is 23.4 Å². The smallest absolute Gasteiger partial charge is 0.262 e. The number of rotatable bonds is 6. The molecule has 0 fully saturated rings. The third kappa shape index (κ3) is 4.36. The summed E-state index contributed by atoms with van der Waals surface area (Å²) in [6.07, 6.45) is 1.57. The van der Waals surface area contributed by atoms with Crippen molar-refractivity contribution in [2.45, 2.75) is 38.0 Å². The average molecular weight is 406 g/mol. The molecule has 27 heavy (non-hydrogen) atoms. The maximum absolute atomic E-state index is 12.8. The summed E-state index contributed by atoms with van der Waals surface area (Å²) in [4.78, 5) is 29.7. The molecule has 1 N–H and O–H groups in total. The van der Waals surface area contributed by atoms with Crippen molar-refractivity contribution in [1.29, 1.82) is 0 Å². The molecule has 142 valence electrons. The molecule has 1 atom stereocenters. The molecule has 1 aromatic carbocycles. The number of nitrogens with zero attached hydrogens (tertiary/aromatic N) is 2. The Kier molecular flexibility index (Phi) is 5.92. The number of fused-ring (bicyclic) bond motifs is 1. The first kappa shape index (κ1) is 19.5. The standard InChI is InChI=1S/C19H20ClN3O3S/c1-11(2)23-18(25)14-7-6-13(20)9-15(14)22-19(23)27-10-17(24)21-12(3)16-5-4-8-26-16/h4-9,11-12H,10H2,1-3H3,(H,21,24)/t12-/m1/s1. The molecule has 0 spiro atoms. The van der Waals surface area contributed by atoms with Crippen molar-refractivity contribution < 1.29 is 9.21 Å². The van der Waals surface area contributed by atoms with E-state index in [1.807, 2.05) is 26.8 Å². The molecule has 0 unspecified atom stereocenters. The molecule has 0 saturated heterocycles. The highest BCUT2D eigenvalue weighted by atomic mass is 35.5. The second-order valence-electron chi connectivity index (χ2n) is 6.42. The van der Waals surface area contributed by atoms with E-state index >= 15 is 0 Å². The molecule has 8 heteroatoms. The Hall–Kier alpha value is -2.25. The van der Waals surface area contributed by atoms with Gasteiger partial charge in [-0.25, -0.2) is 4.98 Å². The topological polar surface area (TPSA) is 77.1 Å². The number of aromatic nitrogens is 2. The van der Waals surface area contributed by atoms with Crippen LogP contribution in [0, 0.1) is 0 Å². The van der Waals surface area contributed by atoms with Gasteiger partial charge in [-0.1, -0.05) is 23.4 Å². The van der Waals surface area contributed by atoms with Gasteiger partial charge >= 0.3 is 0 Å². The number of thioether (sulfide) groups is 1. The Morgan fingerprint density at radius 2 is 2.11 bits per heavy atom. The van der Waals surface area contributed by atoms with Gasteiger partial charge in [-0.2, -0.15) is 0 Å². The Morgan fingerprint density at radius 3 is 2.78 bits per heavy atom. The molecule has 0 bridgehead atoms. The summed E-state index contributed by atoms with van der Waals surface area (Å²) in [5.41, 5.74) is 0.384. The van der Waals surface area contributed by atoms with Gasteiger partial charge in [0.25, 0.3) is 5.56 Å². The minimum atomic E-state index is -0.233. The predicted molar refractivity (Wildman–Crippen MR) is 107 cm³/mol. The van der Waals surface area contributed by atoms with Crippen LogP contribution < -0.4 is 10.9 Å². The molecule has 0 radical (unpaired) electrons. The minimum absolute atomic E-state index is 0.0855. The molecular weight excluding hydrogens is 386 g/mol. The van der Waals surface area contributed by atoms with Gasteiger partial charge in [-0.15, -0.1) is 0 Å². The SMILES string of the molecule is CC(C)n1c(SCC(=O)N[C@H](C)c2ccco2)nc2cc(Cl)ccc2c1=O. The van der Waals surface area contributed by atoms with Gasteiger partial charge in [-0.3, -0.25) is 14.2 Å². The Bertz CT molecular complexity index is 1010. The third-order valence-corrected chi connectivity index (χ3v) is 5.22. The first-order chi connectivity index (χ1) is 12.9. The van der Waals surface area contributed by atoms with Crippen LogP contribution in [0.2, 0.25) is 5.02 Å². The number of hydrogen-bond acceptors (Lipinski definition) is 5. The van der Waals surface area contributed by atoms with E-state index in [0.29, 0.717) is 26.8 Å². The van der Waals surface area contributed by atoms with E-state index in [-0.39, 0.29) is 29.3 Å². The van der Waals surface area contributed by atoms with Crippen LogP contribution in [-0.4, -0.2) is 21.2 Å². The predicted octanol–water partition coefficient (Wildman–Crippen LogP) is 4.19. The average Bonchev–Trinajstić information content (AvgIpc) is 3.14. The number of carbonyl (C=O) groups is 1. The fraction of sp³-hybridized carbons (Fsp3) is 0.316. The summed E-state index contributed by atoms with van der Waals surface area (Å²) in [7, 11) is 0. The van der Waals surface area contributed by atoms with Crippen LogP contribution in [0.3, 0.4) is 0 Å².